The molecule has 30 heavy (non-hydrogen) atoms. The summed E-state index contributed by atoms with van der Waals surface area (Å²) in [5.41, 5.74) is 1.62. The fraction of sp³-hybridized carbons (Fsp3) is 0.182. The van der Waals surface area contributed by atoms with E-state index in [9.17, 15) is 14.9 Å². The summed E-state index contributed by atoms with van der Waals surface area (Å²) in [4.78, 5) is 30.7. The topological polar surface area (TPSA) is 114 Å². The molecule has 0 aliphatic rings. The van der Waals surface area contributed by atoms with Crippen molar-refractivity contribution in [3.8, 4) is 34.6 Å². The number of aromatic nitrogens is 2. The normalized spacial score (nSPS) is 10.2. The zero-order valence-corrected chi connectivity index (χ0v) is 16.7. The minimum atomic E-state index is -0.472. The molecule has 0 radical (unpaired) electrons. The van der Waals surface area contributed by atoms with E-state index in [1.807, 2.05) is 6.07 Å². The monoisotopic (exact) mass is 405 g/mol. The number of methoxy groups -OCH3 is 1. The smallest absolute Gasteiger partial charge is 0.338 e. The third kappa shape index (κ3) is 4.31. The number of aromatic amines is 1. The van der Waals surface area contributed by atoms with Gasteiger partial charge in [0.25, 0.3) is 5.56 Å². The number of ether oxygens (including phenoxy) is 3. The van der Waals surface area contributed by atoms with Gasteiger partial charge in [-0.2, -0.15) is 5.26 Å². The summed E-state index contributed by atoms with van der Waals surface area (Å²) in [6, 6.07) is 11.7. The van der Waals surface area contributed by atoms with E-state index >= 15 is 0 Å². The summed E-state index contributed by atoms with van der Waals surface area (Å²) in [5, 5.41) is 9.36. The summed E-state index contributed by atoms with van der Waals surface area (Å²) in [6.45, 7) is 3.73. The first-order valence-corrected chi connectivity index (χ1v) is 9.10. The number of hydrogen-bond donors (Lipinski definition) is 1. The van der Waals surface area contributed by atoms with E-state index in [1.165, 1.54) is 25.4 Å². The largest absolute Gasteiger partial charge is 0.493 e. The molecule has 2 aromatic heterocycles. The molecule has 0 saturated heterocycles. The van der Waals surface area contributed by atoms with E-state index < -0.39 is 11.5 Å². The minimum absolute atomic E-state index is 0.0140. The molecule has 2 heterocycles. The van der Waals surface area contributed by atoms with Crippen molar-refractivity contribution in [2.45, 2.75) is 13.8 Å². The lowest BCUT2D eigenvalue weighted by molar-refractivity contribution is 0.0526. The van der Waals surface area contributed by atoms with Crippen molar-refractivity contribution in [2.75, 3.05) is 13.7 Å². The van der Waals surface area contributed by atoms with E-state index in [4.69, 9.17) is 14.2 Å². The zero-order valence-electron chi connectivity index (χ0n) is 16.7. The maximum Gasteiger partial charge on any atom is 0.338 e. The number of aryl methyl sites for hydroxylation is 1. The van der Waals surface area contributed by atoms with Crippen LogP contribution in [0.2, 0.25) is 0 Å². The molecule has 0 unspecified atom stereocenters. The summed E-state index contributed by atoms with van der Waals surface area (Å²) in [7, 11) is 1.47. The van der Waals surface area contributed by atoms with E-state index in [1.54, 1.807) is 38.1 Å². The number of hydrogen-bond acceptors (Lipinski definition) is 7. The van der Waals surface area contributed by atoms with Crippen molar-refractivity contribution in [2.24, 2.45) is 0 Å². The van der Waals surface area contributed by atoms with Gasteiger partial charge in [0.15, 0.2) is 11.5 Å². The highest BCUT2D eigenvalue weighted by Crippen LogP contribution is 2.35. The molecule has 0 saturated carbocycles. The Morgan fingerprint density at radius 2 is 2.00 bits per heavy atom. The highest BCUT2D eigenvalue weighted by molar-refractivity contribution is 5.89. The summed E-state index contributed by atoms with van der Waals surface area (Å²) in [5.74, 6) is 0.449. The van der Waals surface area contributed by atoms with Gasteiger partial charge in [-0.3, -0.25) is 4.79 Å². The van der Waals surface area contributed by atoms with Gasteiger partial charge in [0.05, 0.1) is 19.3 Å². The van der Waals surface area contributed by atoms with Crippen LogP contribution >= 0.6 is 0 Å². The van der Waals surface area contributed by atoms with Gasteiger partial charge in [-0.05, 0) is 43.7 Å². The number of benzene rings is 1. The first-order chi connectivity index (χ1) is 14.5. The number of carbonyl (C=O) groups is 1. The van der Waals surface area contributed by atoms with Gasteiger partial charge in [0.1, 0.15) is 11.6 Å². The van der Waals surface area contributed by atoms with Crippen molar-refractivity contribution in [1.29, 1.82) is 5.26 Å². The van der Waals surface area contributed by atoms with Crippen molar-refractivity contribution in [1.82, 2.24) is 9.97 Å². The van der Waals surface area contributed by atoms with Crippen molar-refractivity contribution in [3.63, 3.8) is 0 Å². The molecule has 0 aliphatic heterocycles. The first-order valence-electron chi connectivity index (χ1n) is 9.10. The lowest BCUT2D eigenvalue weighted by atomic mass is 10.0. The van der Waals surface area contributed by atoms with Crippen LogP contribution in [0, 0.1) is 18.3 Å². The second kappa shape index (κ2) is 8.92. The first kappa shape index (κ1) is 20.6. The number of carbonyl (C=O) groups excluding carboxylic acids is 1. The Balaban J connectivity index is 1.97. The molecule has 1 N–H and O–H groups in total. The van der Waals surface area contributed by atoms with Crippen LogP contribution < -0.4 is 15.0 Å². The van der Waals surface area contributed by atoms with Gasteiger partial charge in [0, 0.05) is 23.5 Å². The number of nitriles is 1. The van der Waals surface area contributed by atoms with Crippen LogP contribution in [0.3, 0.4) is 0 Å². The van der Waals surface area contributed by atoms with Gasteiger partial charge in [0.2, 0.25) is 5.88 Å². The van der Waals surface area contributed by atoms with Gasteiger partial charge in [-0.15, -0.1) is 0 Å². The van der Waals surface area contributed by atoms with E-state index in [0.717, 1.165) is 0 Å². The van der Waals surface area contributed by atoms with Crippen molar-refractivity contribution in [3.05, 3.63) is 69.8 Å². The summed E-state index contributed by atoms with van der Waals surface area (Å²) >= 11 is 0. The maximum absolute atomic E-state index is 12.1. The summed E-state index contributed by atoms with van der Waals surface area (Å²) in [6.07, 6.45) is 1.45. The fourth-order valence-corrected chi connectivity index (χ4v) is 2.87. The highest BCUT2D eigenvalue weighted by Gasteiger charge is 2.15. The highest BCUT2D eigenvalue weighted by atomic mass is 16.5. The average molecular weight is 405 g/mol. The van der Waals surface area contributed by atoms with Crippen LogP contribution in [0.25, 0.3) is 11.1 Å². The lowest BCUT2D eigenvalue weighted by Gasteiger charge is -2.13. The quantitative estimate of drug-likeness (QED) is 0.623. The standard InChI is InChI=1S/C22H19N3O5/c1-4-29-22(27)15-7-8-24-20(11-15)30-18-6-5-14(10-19(18)28-3)16-9-13(2)25-21(26)17(16)12-23/h5-11H,4H2,1-3H3,(H,25,26). The third-order valence-electron chi connectivity index (χ3n) is 4.21. The number of rotatable bonds is 6. The Bertz CT molecular complexity index is 1190. The van der Waals surface area contributed by atoms with Crippen LogP contribution in [0.5, 0.6) is 17.4 Å². The summed E-state index contributed by atoms with van der Waals surface area (Å²) < 4.78 is 16.2. The van der Waals surface area contributed by atoms with Crippen LogP contribution in [0.15, 0.2) is 47.4 Å². The Morgan fingerprint density at radius 3 is 2.70 bits per heavy atom. The molecule has 0 atom stereocenters. The third-order valence-corrected chi connectivity index (χ3v) is 4.21. The number of esters is 1. The Morgan fingerprint density at radius 1 is 1.20 bits per heavy atom. The van der Waals surface area contributed by atoms with Gasteiger partial charge >= 0.3 is 5.97 Å². The van der Waals surface area contributed by atoms with E-state index in [0.29, 0.717) is 33.9 Å². The Hall–Kier alpha value is -4.12. The molecule has 1 aromatic carbocycles. The minimum Gasteiger partial charge on any atom is -0.493 e. The number of pyridine rings is 2. The SMILES string of the molecule is CCOC(=O)c1ccnc(Oc2ccc(-c3cc(C)[nH]c(=O)c3C#N)cc2OC)c1. The molecule has 8 nitrogen and oxygen atoms in total. The van der Waals surface area contributed by atoms with Crippen LogP contribution in [0.1, 0.15) is 28.5 Å². The van der Waals surface area contributed by atoms with Crippen molar-refractivity contribution < 1.29 is 19.0 Å². The Labute approximate surface area is 172 Å². The predicted molar refractivity (Wildman–Crippen MR) is 109 cm³/mol. The molecule has 3 aromatic rings. The van der Waals surface area contributed by atoms with Crippen molar-refractivity contribution >= 4 is 5.97 Å². The molecule has 8 heteroatoms. The lowest BCUT2D eigenvalue weighted by Crippen LogP contribution is -2.12. The predicted octanol–water partition coefficient (Wildman–Crippen LogP) is 3.59. The molecule has 3 rings (SSSR count). The molecule has 0 fully saturated rings. The van der Waals surface area contributed by atoms with Gasteiger partial charge in [-0.1, -0.05) is 6.07 Å². The number of H-pyrrole nitrogens is 1. The maximum atomic E-state index is 12.1. The molecule has 0 bridgehead atoms. The molecular weight excluding hydrogens is 386 g/mol. The van der Waals surface area contributed by atoms with Gasteiger partial charge < -0.3 is 19.2 Å². The zero-order chi connectivity index (χ0) is 21.7. The molecule has 0 aliphatic carbocycles. The second-order valence-corrected chi connectivity index (χ2v) is 6.25. The molecular formula is C22H19N3O5. The van der Waals surface area contributed by atoms with E-state index in [2.05, 4.69) is 9.97 Å². The number of nitrogens with one attached hydrogen (secondary N) is 1. The molecule has 0 spiro atoms. The average Bonchev–Trinajstić information content (AvgIpc) is 2.74. The van der Waals surface area contributed by atoms with Crippen LogP contribution in [0.4, 0.5) is 0 Å². The van der Waals surface area contributed by atoms with E-state index in [-0.39, 0.29) is 18.1 Å². The second-order valence-electron chi connectivity index (χ2n) is 6.25. The van der Waals surface area contributed by atoms with Gasteiger partial charge in [-0.25, -0.2) is 9.78 Å². The molecule has 152 valence electrons. The van der Waals surface area contributed by atoms with Crippen LogP contribution in [-0.4, -0.2) is 29.7 Å². The number of nitrogens with zero attached hydrogens (tertiary/aromatic N) is 2. The fourth-order valence-electron chi connectivity index (χ4n) is 2.87. The Kier molecular flexibility index (Phi) is 6.13. The molecule has 0 amide bonds. The van der Waals surface area contributed by atoms with Crippen LogP contribution in [-0.2, 0) is 4.74 Å².